The third kappa shape index (κ3) is 3.90. The van der Waals surface area contributed by atoms with E-state index >= 15 is 0 Å². The highest BCUT2D eigenvalue weighted by atomic mass is 19.3. The number of aliphatic hydroxyl groups excluding tert-OH is 1. The molecule has 4 heteroatoms. The van der Waals surface area contributed by atoms with Gasteiger partial charge in [0.1, 0.15) is 6.10 Å². The van der Waals surface area contributed by atoms with Gasteiger partial charge in [-0.05, 0) is 112 Å². The first-order chi connectivity index (χ1) is 14.3. The fourth-order valence-corrected chi connectivity index (χ4v) is 9.35. The van der Waals surface area contributed by atoms with Crippen LogP contribution in [0.3, 0.4) is 0 Å². The molecule has 0 saturated heterocycles. The molecule has 0 spiro atoms. The number of hydrogen-bond donors (Lipinski definition) is 2. The van der Waals surface area contributed by atoms with Crippen LogP contribution in [0.25, 0.3) is 0 Å². The van der Waals surface area contributed by atoms with Crippen LogP contribution in [0.5, 0.6) is 0 Å². The molecular formula is C27H46F2O2. The maximum absolute atomic E-state index is 15.0. The van der Waals surface area contributed by atoms with E-state index in [0.717, 1.165) is 38.0 Å². The van der Waals surface area contributed by atoms with Crippen LogP contribution in [-0.4, -0.2) is 27.8 Å². The predicted octanol–water partition coefficient (Wildman–Crippen LogP) is 6.83. The molecule has 2 N–H and O–H groups in total. The summed E-state index contributed by atoms with van der Waals surface area (Å²) in [5, 5.41) is 20.1. The Balaban J connectivity index is 1.48. The van der Waals surface area contributed by atoms with Crippen molar-refractivity contribution in [2.45, 2.75) is 123 Å². The summed E-state index contributed by atoms with van der Waals surface area (Å²) < 4.78 is 30.0. The highest BCUT2D eigenvalue weighted by molar-refractivity contribution is 5.12. The van der Waals surface area contributed by atoms with Crippen molar-refractivity contribution in [1.29, 1.82) is 0 Å². The summed E-state index contributed by atoms with van der Waals surface area (Å²) in [6.07, 6.45) is 8.99. The first-order valence-electron chi connectivity index (χ1n) is 13.1. The molecular weight excluding hydrogens is 394 g/mol. The number of aliphatic hydroxyl groups is 2. The van der Waals surface area contributed by atoms with Crippen LogP contribution in [0.2, 0.25) is 0 Å². The minimum absolute atomic E-state index is 0.256. The minimum atomic E-state index is -2.92. The van der Waals surface area contributed by atoms with Crippen LogP contribution in [-0.2, 0) is 0 Å². The maximum Gasteiger partial charge on any atom is 0.276 e. The van der Waals surface area contributed by atoms with Crippen LogP contribution in [0.15, 0.2) is 0 Å². The first-order valence-corrected chi connectivity index (χ1v) is 13.1. The van der Waals surface area contributed by atoms with Gasteiger partial charge in [0.15, 0.2) is 0 Å². The van der Waals surface area contributed by atoms with Gasteiger partial charge < -0.3 is 10.2 Å². The Hall–Kier alpha value is -0.220. The second kappa shape index (κ2) is 7.93. The fourth-order valence-electron chi connectivity index (χ4n) is 9.35. The Kier molecular flexibility index (Phi) is 6.12. The molecule has 4 fully saturated rings. The zero-order chi connectivity index (χ0) is 22.8. The molecule has 0 aromatic rings. The van der Waals surface area contributed by atoms with Gasteiger partial charge in [-0.1, -0.05) is 33.6 Å². The molecule has 4 saturated carbocycles. The molecule has 4 rings (SSSR count). The van der Waals surface area contributed by atoms with Crippen molar-refractivity contribution in [3.05, 3.63) is 0 Å². The van der Waals surface area contributed by atoms with Crippen LogP contribution in [0, 0.1) is 46.3 Å². The van der Waals surface area contributed by atoms with E-state index in [2.05, 4.69) is 20.8 Å². The van der Waals surface area contributed by atoms with E-state index in [-0.39, 0.29) is 11.8 Å². The van der Waals surface area contributed by atoms with Crippen LogP contribution >= 0.6 is 0 Å². The predicted molar refractivity (Wildman–Crippen MR) is 121 cm³/mol. The largest absolute Gasteiger partial charge is 0.390 e. The molecule has 0 radical (unpaired) electrons. The fraction of sp³-hybridized carbons (Fsp3) is 1.00. The van der Waals surface area contributed by atoms with Crippen molar-refractivity contribution in [3.8, 4) is 0 Å². The van der Waals surface area contributed by atoms with Crippen LogP contribution in [0.4, 0.5) is 8.78 Å². The van der Waals surface area contributed by atoms with E-state index in [1.165, 1.54) is 25.7 Å². The van der Waals surface area contributed by atoms with Crippen molar-refractivity contribution in [2.24, 2.45) is 46.3 Å². The van der Waals surface area contributed by atoms with Crippen molar-refractivity contribution < 1.29 is 19.0 Å². The molecule has 0 bridgehead atoms. The summed E-state index contributed by atoms with van der Waals surface area (Å²) >= 11 is 0. The average Bonchev–Trinajstić information content (AvgIpc) is 3.01. The maximum atomic E-state index is 15.0. The quantitative estimate of drug-likeness (QED) is 0.492. The van der Waals surface area contributed by atoms with Crippen LogP contribution < -0.4 is 0 Å². The Morgan fingerprint density at radius 1 is 0.935 bits per heavy atom. The van der Waals surface area contributed by atoms with E-state index in [1.807, 2.05) is 13.8 Å². The molecule has 0 heterocycles. The lowest BCUT2D eigenvalue weighted by Gasteiger charge is -2.62. The van der Waals surface area contributed by atoms with Gasteiger partial charge in [0.05, 0.1) is 5.60 Å². The van der Waals surface area contributed by atoms with E-state index in [1.54, 1.807) is 0 Å². The third-order valence-electron chi connectivity index (χ3n) is 10.9. The molecule has 0 aliphatic heterocycles. The summed E-state index contributed by atoms with van der Waals surface area (Å²) in [6.45, 7) is 10.9. The zero-order valence-corrected chi connectivity index (χ0v) is 20.5. The lowest BCUT2D eigenvalue weighted by Crippen LogP contribution is -2.61. The van der Waals surface area contributed by atoms with Crippen LogP contribution in [0.1, 0.15) is 105 Å². The van der Waals surface area contributed by atoms with Crippen molar-refractivity contribution >= 4 is 0 Å². The smallest absolute Gasteiger partial charge is 0.276 e. The summed E-state index contributed by atoms with van der Waals surface area (Å²) in [5.41, 5.74) is -0.553. The molecule has 0 aromatic carbocycles. The molecule has 2 nitrogen and oxygen atoms in total. The molecule has 180 valence electrons. The van der Waals surface area contributed by atoms with Gasteiger partial charge in [0.2, 0.25) is 0 Å². The number of fused-ring (bicyclic) bond motifs is 5. The summed E-state index contributed by atoms with van der Waals surface area (Å²) in [7, 11) is 0. The standard InChI is InChI=1S/C27H46F2O2/c1-17(7-6-14-24(2,3)31)19-9-10-20-18-8-11-22-26(5,16-13-23(30)27(22,28)29)21(18)12-15-25(19,20)4/h17-23,30-31H,6-16H2,1-5H3/t17-,18+,19-,20+,21+,22-,23+,25-,26-/m1/s1. The molecule has 0 unspecified atom stereocenters. The molecule has 4 aliphatic rings. The highest BCUT2D eigenvalue weighted by Gasteiger charge is 2.66. The van der Waals surface area contributed by atoms with Gasteiger partial charge in [-0.2, -0.15) is 0 Å². The SMILES string of the molecule is C[C@H](CCCC(C)(C)O)[C@H]1CC[C@H]2[C@@H]3CC[C@H]4C(F)(F)[C@@H](O)CC[C@]4(C)[C@H]3CC[C@]12C. The van der Waals surface area contributed by atoms with Gasteiger partial charge in [-0.25, -0.2) is 8.78 Å². The third-order valence-corrected chi connectivity index (χ3v) is 10.9. The summed E-state index contributed by atoms with van der Waals surface area (Å²) in [4.78, 5) is 0. The van der Waals surface area contributed by atoms with Gasteiger partial charge in [-0.3, -0.25) is 0 Å². The van der Waals surface area contributed by atoms with Gasteiger partial charge in [0.25, 0.3) is 5.92 Å². The second-order valence-corrected chi connectivity index (χ2v) is 13.2. The minimum Gasteiger partial charge on any atom is -0.390 e. The second-order valence-electron chi connectivity index (χ2n) is 13.2. The molecule has 0 aromatic heterocycles. The van der Waals surface area contributed by atoms with E-state index in [0.29, 0.717) is 35.5 Å². The molecule has 0 amide bonds. The monoisotopic (exact) mass is 440 g/mol. The average molecular weight is 441 g/mol. The lowest BCUT2D eigenvalue weighted by molar-refractivity contribution is -0.246. The van der Waals surface area contributed by atoms with Crippen molar-refractivity contribution in [1.82, 2.24) is 0 Å². The molecule has 9 atom stereocenters. The summed E-state index contributed by atoms with van der Waals surface area (Å²) in [6, 6.07) is 0. The van der Waals surface area contributed by atoms with Gasteiger partial charge in [0, 0.05) is 5.92 Å². The Bertz CT molecular complexity index is 658. The van der Waals surface area contributed by atoms with E-state index in [9.17, 15) is 19.0 Å². The van der Waals surface area contributed by atoms with E-state index < -0.39 is 23.5 Å². The molecule has 4 aliphatic carbocycles. The van der Waals surface area contributed by atoms with Gasteiger partial charge in [-0.15, -0.1) is 0 Å². The Labute approximate surface area is 188 Å². The topological polar surface area (TPSA) is 40.5 Å². The highest BCUT2D eigenvalue weighted by Crippen LogP contribution is 2.69. The normalized spacial score (nSPS) is 47.9. The Morgan fingerprint density at radius 2 is 1.58 bits per heavy atom. The molecule has 31 heavy (non-hydrogen) atoms. The van der Waals surface area contributed by atoms with Gasteiger partial charge >= 0.3 is 0 Å². The van der Waals surface area contributed by atoms with E-state index in [4.69, 9.17) is 0 Å². The first kappa shape index (κ1) is 23.9. The zero-order valence-electron chi connectivity index (χ0n) is 20.5. The lowest BCUT2D eigenvalue weighted by atomic mass is 9.44. The van der Waals surface area contributed by atoms with Crippen molar-refractivity contribution in [3.63, 3.8) is 0 Å². The number of alkyl halides is 2. The summed E-state index contributed by atoms with van der Waals surface area (Å²) in [5.74, 6) is -0.535. The number of hydrogen-bond acceptors (Lipinski definition) is 2. The van der Waals surface area contributed by atoms with Crippen molar-refractivity contribution in [2.75, 3.05) is 0 Å². The number of halogens is 2. The number of rotatable bonds is 5. The Morgan fingerprint density at radius 3 is 2.26 bits per heavy atom.